The summed E-state index contributed by atoms with van der Waals surface area (Å²) in [6, 6.07) is 4.70. The minimum absolute atomic E-state index is 0.379. The fraction of sp³-hybridized carbons (Fsp3) is 0.765. The van der Waals surface area contributed by atoms with Crippen molar-refractivity contribution in [2.24, 2.45) is 0 Å². The second-order valence-corrected chi connectivity index (χ2v) is 6.76. The Morgan fingerprint density at radius 3 is 2.83 bits per heavy atom. The summed E-state index contributed by atoms with van der Waals surface area (Å²) in [7, 11) is 2.27. The minimum atomic E-state index is 0.379. The Kier molecular flexibility index (Phi) is 5.80. The van der Waals surface area contributed by atoms with E-state index in [2.05, 4.69) is 44.9 Å². The Balaban J connectivity index is 1.40. The lowest BCUT2D eigenvalue weighted by Crippen LogP contribution is -2.48. The van der Waals surface area contributed by atoms with Gasteiger partial charge in [-0.2, -0.15) is 5.10 Å². The van der Waals surface area contributed by atoms with Gasteiger partial charge in [-0.25, -0.2) is 0 Å². The number of ether oxygens (including phenoxy) is 1. The molecule has 0 amide bonds. The maximum Gasteiger partial charge on any atom is 0.151 e. The summed E-state index contributed by atoms with van der Waals surface area (Å²) in [5.41, 5.74) is 0. The molecule has 1 aromatic rings. The van der Waals surface area contributed by atoms with Crippen LogP contribution in [0.25, 0.3) is 0 Å². The van der Waals surface area contributed by atoms with Gasteiger partial charge in [0.1, 0.15) is 0 Å². The van der Waals surface area contributed by atoms with Crippen LogP contribution in [0, 0.1) is 0 Å². The van der Waals surface area contributed by atoms with Gasteiger partial charge in [0.15, 0.2) is 5.82 Å². The van der Waals surface area contributed by atoms with Crippen LogP contribution in [0.3, 0.4) is 0 Å². The van der Waals surface area contributed by atoms with Gasteiger partial charge in [-0.05, 0) is 38.9 Å². The second-order valence-electron chi connectivity index (χ2n) is 6.76. The number of rotatable bonds is 5. The highest BCUT2D eigenvalue weighted by Gasteiger charge is 2.24. The van der Waals surface area contributed by atoms with Crippen molar-refractivity contribution in [3.05, 3.63) is 18.3 Å². The summed E-state index contributed by atoms with van der Waals surface area (Å²) in [4.78, 5) is 7.41. The van der Waals surface area contributed by atoms with Gasteiger partial charge in [0.25, 0.3) is 0 Å². The van der Waals surface area contributed by atoms with Gasteiger partial charge < -0.3 is 14.5 Å². The third-order valence-electron chi connectivity index (χ3n) is 5.06. The summed E-state index contributed by atoms with van der Waals surface area (Å²) >= 11 is 0. The Labute approximate surface area is 139 Å². The number of hydrogen-bond acceptors (Lipinski definition) is 6. The molecule has 3 rings (SSSR count). The largest absolute Gasteiger partial charge is 0.376 e. The summed E-state index contributed by atoms with van der Waals surface area (Å²) in [5, 5.41) is 8.20. The summed E-state index contributed by atoms with van der Waals surface area (Å²) < 4.78 is 5.61. The first kappa shape index (κ1) is 16.6. The van der Waals surface area contributed by atoms with Gasteiger partial charge in [-0.3, -0.25) is 4.90 Å². The quantitative estimate of drug-likeness (QED) is 0.810. The monoisotopic (exact) mass is 319 g/mol. The van der Waals surface area contributed by atoms with E-state index in [0.717, 1.165) is 51.7 Å². The zero-order valence-electron chi connectivity index (χ0n) is 14.4. The highest BCUT2D eigenvalue weighted by atomic mass is 16.5. The smallest absolute Gasteiger partial charge is 0.151 e. The number of aromatic nitrogens is 2. The highest BCUT2D eigenvalue weighted by molar-refractivity contribution is 5.36. The maximum absolute atomic E-state index is 5.61. The van der Waals surface area contributed by atoms with E-state index in [1.165, 1.54) is 12.8 Å². The number of hydrogen-bond donors (Lipinski definition) is 0. The summed E-state index contributed by atoms with van der Waals surface area (Å²) in [5.74, 6) is 1.01. The standard InChI is InChI=1S/C17H29N5O/c1-15-14-21(12-13-23-15)11-10-20(2)16-5-8-22(9-6-16)17-4-3-7-18-19-17/h3-4,7,15-16H,5-6,8-14H2,1-2H3. The Bertz CT molecular complexity index is 463. The van der Waals surface area contributed by atoms with Crippen LogP contribution in [0.4, 0.5) is 5.82 Å². The van der Waals surface area contributed by atoms with Crippen LogP contribution in [0.5, 0.6) is 0 Å². The van der Waals surface area contributed by atoms with E-state index in [0.29, 0.717) is 12.1 Å². The summed E-state index contributed by atoms with van der Waals surface area (Å²) in [6.07, 6.45) is 4.51. The number of anilines is 1. The van der Waals surface area contributed by atoms with Gasteiger partial charge in [0.05, 0.1) is 12.7 Å². The molecule has 2 aliphatic rings. The molecule has 0 radical (unpaired) electrons. The maximum atomic E-state index is 5.61. The van der Waals surface area contributed by atoms with Crippen LogP contribution in [0.15, 0.2) is 18.3 Å². The minimum Gasteiger partial charge on any atom is -0.376 e. The molecule has 1 atom stereocenters. The molecule has 6 heteroatoms. The third kappa shape index (κ3) is 4.62. The van der Waals surface area contributed by atoms with Crippen molar-refractivity contribution in [2.75, 3.05) is 57.8 Å². The van der Waals surface area contributed by atoms with Crippen molar-refractivity contribution >= 4 is 5.82 Å². The first-order chi connectivity index (χ1) is 11.2. The zero-order chi connectivity index (χ0) is 16.1. The van der Waals surface area contributed by atoms with E-state index in [-0.39, 0.29) is 0 Å². The predicted molar refractivity (Wildman–Crippen MR) is 91.8 cm³/mol. The Morgan fingerprint density at radius 1 is 1.30 bits per heavy atom. The van der Waals surface area contributed by atoms with E-state index in [1.54, 1.807) is 6.20 Å². The Morgan fingerprint density at radius 2 is 2.13 bits per heavy atom. The van der Waals surface area contributed by atoms with Crippen LogP contribution in [0.2, 0.25) is 0 Å². The molecule has 0 N–H and O–H groups in total. The molecule has 6 nitrogen and oxygen atoms in total. The van der Waals surface area contributed by atoms with Crippen molar-refractivity contribution in [1.29, 1.82) is 0 Å². The SMILES string of the molecule is CC1CN(CCN(C)C2CCN(c3cccnn3)CC2)CCO1. The summed E-state index contributed by atoms with van der Waals surface area (Å²) in [6.45, 7) is 9.61. The van der Waals surface area contributed by atoms with E-state index >= 15 is 0 Å². The van der Waals surface area contributed by atoms with Gasteiger partial charge in [0, 0.05) is 51.5 Å². The Hall–Kier alpha value is -1.24. The normalized spacial score (nSPS) is 24.3. The predicted octanol–water partition coefficient (Wildman–Crippen LogP) is 1.10. The van der Waals surface area contributed by atoms with Crippen molar-refractivity contribution in [3.63, 3.8) is 0 Å². The van der Waals surface area contributed by atoms with Crippen LogP contribution >= 0.6 is 0 Å². The van der Waals surface area contributed by atoms with Crippen LogP contribution < -0.4 is 4.90 Å². The average molecular weight is 319 g/mol. The number of piperidine rings is 1. The number of likely N-dealkylation sites (N-methyl/N-ethyl adjacent to an activating group) is 1. The van der Waals surface area contributed by atoms with Gasteiger partial charge in [-0.15, -0.1) is 5.10 Å². The fourth-order valence-electron chi connectivity index (χ4n) is 3.57. The molecule has 1 unspecified atom stereocenters. The zero-order valence-corrected chi connectivity index (χ0v) is 14.4. The van der Waals surface area contributed by atoms with E-state index < -0.39 is 0 Å². The number of nitrogens with zero attached hydrogens (tertiary/aromatic N) is 5. The number of morpholine rings is 1. The van der Waals surface area contributed by atoms with E-state index in [4.69, 9.17) is 4.74 Å². The molecular formula is C17H29N5O. The van der Waals surface area contributed by atoms with Crippen molar-refractivity contribution in [1.82, 2.24) is 20.0 Å². The lowest BCUT2D eigenvalue weighted by molar-refractivity contribution is -0.0212. The van der Waals surface area contributed by atoms with Crippen LogP contribution in [0.1, 0.15) is 19.8 Å². The van der Waals surface area contributed by atoms with Crippen LogP contribution in [-0.4, -0.2) is 85.1 Å². The molecule has 0 aliphatic carbocycles. The molecule has 2 fully saturated rings. The highest BCUT2D eigenvalue weighted by Crippen LogP contribution is 2.19. The lowest BCUT2D eigenvalue weighted by atomic mass is 10.0. The van der Waals surface area contributed by atoms with E-state index in [9.17, 15) is 0 Å². The molecule has 1 aromatic heterocycles. The van der Waals surface area contributed by atoms with Gasteiger partial charge in [-0.1, -0.05) is 0 Å². The molecule has 0 spiro atoms. The molecule has 0 aromatic carbocycles. The van der Waals surface area contributed by atoms with Crippen LogP contribution in [-0.2, 0) is 4.74 Å². The molecule has 2 saturated heterocycles. The van der Waals surface area contributed by atoms with Crippen molar-refractivity contribution < 1.29 is 4.74 Å². The van der Waals surface area contributed by atoms with Crippen molar-refractivity contribution in [2.45, 2.75) is 31.9 Å². The second kappa shape index (κ2) is 8.04. The molecule has 3 heterocycles. The lowest BCUT2D eigenvalue weighted by Gasteiger charge is -2.38. The molecule has 2 aliphatic heterocycles. The van der Waals surface area contributed by atoms with Gasteiger partial charge >= 0.3 is 0 Å². The molecule has 0 saturated carbocycles. The third-order valence-corrected chi connectivity index (χ3v) is 5.06. The average Bonchev–Trinajstić information content (AvgIpc) is 2.61. The molecule has 23 heavy (non-hydrogen) atoms. The van der Waals surface area contributed by atoms with E-state index in [1.807, 2.05) is 6.07 Å². The first-order valence-corrected chi connectivity index (χ1v) is 8.79. The molecular weight excluding hydrogens is 290 g/mol. The molecule has 128 valence electrons. The fourth-order valence-corrected chi connectivity index (χ4v) is 3.57. The topological polar surface area (TPSA) is 44.7 Å². The van der Waals surface area contributed by atoms with Crippen molar-refractivity contribution in [3.8, 4) is 0 Å². The molecule has 0 bridgehead atoms. The first-order valence-electron chi connectivity index (χ1n) is 8.79. The van der Waals surface area contributed by atoms with Gasteiger partial charge in [0.2, 0.25) is 0 Å².